The topological polar surface area (TPSA) is 64.4 Å². The van der Waals surface area contributed by atoms with Crippen molar-refractivity contribution in [2.75, 3.05) is 13.2 Å². The zero-order valence-corrected chi connectivity index (χ0v) is 13.9. The SMILES string of the molecule is N=Cc1ccc(C(=O)N(CCO)C2CCCCC2)c2ccccc12. The van der Waals surface area contributed by atoms with Gasteiger partial charge in [-0.1, -0.05) is 49.6 Å². The summed E-state index contributed by atoms with van der Waals surface area (Å²) in [6.07, 6.45) is 6.88. The molecule has 0 spiro atoms. The maximum atomic E-state index is 13.2. The summed E-state index contributed by atoms with van der Waals surface area (Å²) in [4.78, 5) is 15.1. The van der Waals surface area contributed by atoms with Crippen molar-refractivity contribution in [3.63, 3.8) is 0 Å². The molecule has 0 unspecified atom stereocenters. The quantitative estimate of drug-likeness (QED) is 0.825. The van der Waals surface area contributed by atoms with Gasteiger partial charge in [0.05, 0.1) is 6.61 Å². The molecule has 0 radical (unpaired) electrons. The lowest BCUT2D eigenvalue weighted by atomic mass is 9.93. The molecule has 0 bridgehead atoms. The van der Waals surface area contributed by atoms with Crippen LogP contribution in [0.3, 0.4) is 0 Å². The average molecular weight is 324 g/mol. The van der Waals surface area contributed by atoms with Gasteiger partial charge in [0, 0.05) is 24.4 Å². The number of nitrogens with one attached hydrogen (secondary N) is 1. The van der Waals surface area contributed by atoms with Gasteiger partial charge in [0.15, 0.2) is 0 Å². The van der Waals surface area contributed by atoms with Gasteiger partial charge in [-0.15, -0.1) is 0 Å². The second-order valence-electron chi connectivity index (χ2n) is 6.41. The number of nitrogens with zero attached hydrogens (tertiary/aromatic N) is 1. The van der Waals surface area contributed by atoms with Crippen LogP contribution in [0, 0.1) is 5.41 Å². The monoisotopic (exact) mass is 324 g/mol. The van der Waals surface area contributed by atoms with Crippen molar-refractivity contribution in [3.8, 4) is 0 Å². The first-order valence-corrected chi connectivity index (χ1v) is 8.70. The maximum absolute atomic E-state index is 13.2. The van der Waals surface area contributed by atoms with Crippen molar-refractivity contribution in [1.82, 2.24) is 4.90 Å². The maximum Gasteiger partial charge on any atom is 0.254 e. The second-order valence-corrected chi connectivity index (χ2v) is 6.41. The van der Waals surface area contributed by atoms with Gasteiger partial charge < -0.3 is 15.4 Å². The summed E-state index contributed by atoms with van der Waals surface area (Å²) in [7, 11) is 0. The lowest BCUT2D eigenvalue weighted by Crippen LogP contribution is -2.43. The largest absolute Gasteiger partial charge is 0.395 e. The number of hydrogen-bond acceptors (Lipinski definition) is 3. The van der Waals surface area contributed by atoms with Crippen LogP contribution in [-0.4, -0.2) is 41.3 Å². The Morgan fingerprint density at radius 2 is 1.83 bits per heavy atom. The molecule has 3 rings (SSSR count). The van der Waals surface area contributed by atoms with Crippen molar-refractivity contribution >= 4 is 22.9 Å². The van der Waals surface area contributed by atoms with Crippen molar-refractivity contribution in [2.24, 2.45) is 0 Å². The van der Waals surface area contributed by atoms with Gasteiger partial charge >= 0.3 is 0 Å². The fourth-order valence-electron chi connectivity index (χ4n) is 3.74. The summed E-state index contributed by atoms with van der Waals surface area (Å²) in [6.45, 7) is 0.364. The number of aliphatic hydroxyl groups is 1. The Kier molecular flexibility index (Phi) is 5.26. The first-order valence-electron chi connectivity index (χ1n) is 8.70. The van der Waals surface area contributed by atoms with Crippen molar-refractivity contribution < 1.29 is 9.90 Å². The molecule has 2 aromatic carbocycles. The third-order valence-corrected chi connectivity index (χ3v) is 4.96. The summed E-state index contributed by atoms with van der Waals surface area (Å²) in [5.74, 6) is -0.0105. The van der Waals surface area contributed by atoms with Gasteiger partial charge in [-0.05, 0) is 35.2 Å². The van der Waals surface area contributed by atoms with Crippen LogP contribution in [0.5, 0.6) is 0 Å². The molecule has 0 saturated heterocycles. The van der Waals surface area contributed by atoms with Gasteiger partial charge in [-0.3, -0.25) is 4.79 Å². The highest BCUT2D eigenvalue weighted by Crippen LogP contribution is 2.27. The van der Waals surface area contributed by atoms with Crippen LogP contribution in [-0.2, 0) is 0 Å². The fraction of sp³-hybridized carbons (Fsp3) is 0.400. The number of rotatable bonds is 5. The van der Waals surface area contributed by atoms with Gasteiger partial charge in [0.1, 0.15) is 0 Å². The number of carbonyl (C=O) groups is 1. The predicted octanol–water partition coefficient (Wildman–Crippen LogP) is 3.60. The van der Waals surface area contributed by atoms with Crippen LogP contribution >= 0.6 is 0 Å². The lowest BCUT2D eigenvalue weighted by Gasteiger charge is -2.34. The van der Waals surface area contributed by atoms with Crippen molar-refractivity contribution in [1.29, 1.82) is 5.41 Å². The summed E-state index contributed by atoms with van der Waals surface area (Å²) in [5.41, 5.74) is 1.48. The highest BCUT2D eigenvalue weighted by atomic mass is 16.3. The summed E-state index contributed by atoms with van der Waals surface area (Å²) < 4.78 is 0. The van der Waals surface area contributed by atoms with E-state index in [4.69, 9.17) is 5.41 Å². The smallest absolute Gasteiger partial charge is 0.254 e. The van der Waals surface area contributed by atoms with E-state index in [1.54, 1.807) is 0 Å². The van der Waals surface area contributed by atoms with Crippen LogP contribution in [0.4, 0.5) is 0 Å². The molecule has 1 amide bonds. The molecule has 2 aromatic rings. The molecular formula is C20H24N2O2. The zero-order valence-electron chi connectivity index (χ0n) is 13.9. The van der Waals surface area contributed by atoms with Crippen molar-refractivity contribution in [3.05, 3.63) is 47.5 Å². The Morgan fingerprint density at radius 3 is 2.50 bits per heavy atom. The third-order valence-electron chi connectivity index (χ3n) is 4.96. The second kappa shape index (κ2) is 7.58. The Labute approximate surface area is 142 Å². The lowest BCUT2D eigenvalue weighted by molar-refractivity contribution is 0.0587. The normalized spacial score (nSPS) is 15.4. The molecule has 0 heterocycles. The first-order chi connectivity index (χ1) is 11.8. The number of carbonyl (C=O) groups excluding carboxylic acids is 1. The minimum atomic E-state index is -0.0151. The van der Waals surface area contributed by atoms with Crippen LogP contribution in [0.25, 0.3) is 10.8 Å². The molecule has 1 aliphatic rings. The Morgan fingerprint density at radius 1 is 1.12 bits per heavy atom. The minimum Gasteiger partial charge on any atom is -0.395 e. The van der Waals surface area contributed by atoms with E-state index >= 15 is 0 Å². The minimum absolute atomic E-state index is 0.0105. The summed E-state index contributed by atoms with van der Waals surface area (Å²) in [6, 6.07) is 11.6. The number of aliphatic hydroxyl groups excluding tert-OH is 1. The van der Waals surface area contributed by atoms with Gasteiger partial charge in [-0.2, -0.15) is 0 Å². The molecule has 1 aliphatic carbocycles. The molecule has 0 aromatic heterocycles. The van der Waals surface area contributed by atoms with Crippen LogP contribution in [0.15, 0.2) is 36.4 Å². The van der Waals surface area contributed by atoms with Gasteiger partial charge in [-0.25, -0.2) is 0 Å². The van der Waals surface area contributed by atoms with Crippen LogP contribution in [0.1, 0.15) is 48.0 Å². The third kappa shape index (κ3) is 3.20. The molecular weight excluding hydrogens is 300 g/mol. The van der Waals surface area contributed by atoms with E-state index in [-0.39, 0.29) is 18.6 Å². The average Bonchev–Trinajstić information content (AvgIpc) is 2.65. The predicted molar refractivity (Wildman–Crippen MR) is 96.8 cm³/mol. The van der Waals surface area contributed by atoms with E-state index in [0.29, 0.717) is 12.1 Å². The molecule has 4 heteroatoms. The molecule has 1 fully saturated rings. The molecule has 126 valence electrons. The molecule has 2 N–H and O–H groups in total. The first kappa shape index (κ1) is 16.7. The van der Waals surface area contributed by atoms with E-state index in [1.165, 1.54) is 12.6 Å². The highest BCUT2D eigenvalue weighted by molar-refractivity contribution is 6.11. The van der Waals surface area contributed by atoms with E-state index in [2.05, 4.69) is 0 Å². The van der Waals surface area contributed by atoms with Crippen LogP contribution in [0.2, 0.25) is 0 Å². The van der Waals surface area contributed by atoms with E-state index in [1.807, 2.05) is 41.3 Å². The molecule has 4 nitrogen and oxygen atoms in total. The fourth-order valence-corrected chi connectivity index (χ4v) is 3.74. The molecule has 1 saturated carbocycles. The van der Waals surface area contributed by atoms with Gasteiger partial charge in [0.25, 0.3) is 5.91 Å². The van der Waals surface area contributed by atoms with Gasteiger partial charge in [0.2, 0.25) is 0 Å². The van der Waals surface area contributed by atoms with Crippen LogP contribution < -0.4 is 0 Å². The van der Waals surface area contributed by atoms with Crippen molar-refractivity contribution in [2.45, 2.75) is 38.1 Å². The molecule has 24 heavy (non-hydrogen) atoms. The van der Waals surface area contributed by atoms with E-state index in [0.717, 1.165) is 42.0 Å². The number of amides is 1. The Balaban J connectivity index is 2.01. The van der Waals surface area contributed by atoms with E-state index in [9.17, 15) is 9.90 Å². The number of fused-ring (bicyclic) bond motifs is 1. The highest BCUT2D eigenvalue weighted by Gasteiger charge is 2.26. The zero-order chi connectivity index (χ0) is 16.9. The Hall–Kier alpha value is -2.20. The summed E-state index contributed by atoms with van der Waals surface area (Å²) in [5, 5.41) is 18.8. The molecule has 0 atom stereocenters. The summed E-state index contributed by atoms with van der Waals surface area (Å²) >= 11 is 0. The standard InChI is InChI=1S/C20H24N2O2/c21-14-15-10-11-19(18-9-5-4-8-17(15)18)20(24)22(12-13-23)16-6-2-1-3-7-16/h4-5,8-11,14,16,21,23H,1-3,6-7,12-13H2. The number of benzene rings is 2. The molecule has 0 aliphatic heterocycles. The number of hydrogen-bond donors (Lipinski definition) is 2. The Bertz CT molecular complexity index is 735. The van der Waals surface area contributed by atoms with E-state index < -0.39 is 0 Å².